The first-order valence-electron chi connectivity index (χ1n) is 9.58. The van der Waals surface area contributed by atoms with Gasteiger partial charge in [-0.3, -0.25) is 4.79 Å². The number of nitrogens with one attached hydrogen (secondary N) is 1. The first kappa shape index (κ1) is 21.8. The van der Waals surface area contributed by atoms with Crippen LogP contribution in [0.25, 0.3) is 11.0 Å². The molecule has 0 bridgehead atoms. The Balaban J connectivity index is 1.53. The fraction of sp³-hybridized carbons (Fsp3) is 0.333. The summed E-state index contributed by atoms with van der Waals surface area (Å²) < 4.78 is 32.8. The monoisotopic (exact) mass is 430 g/mol. The molecule has 8 nitrogen and oxygen atoms in total. The molecule has 1 amide bonds. The predicted molar refractivity (Wildman–Crippen MR) is 115 cm³/mol. The second-order valence-corrected chi connectivity index (χ2v) is 9.26. The van der Waals surface area contributed by atoms with Crippen molar-refractivity contribution in [2.24, 2.45) is 0 Å². The molecule has 3 aromatic rings. The van der Waals surface area contributed by atoms with Crippen molar-refractivity contribution in [2.75, 3.05) is 21.2 Å². The molecule has 1 aromatic heterocycles. The zero-order valence-corrected chi connectivity index (χ0v) is 18.1. The molecule has 1 heterocycles. The highest BCUT2D eigenvalue weighted by Gasteiger charge is 2.18. The maximum atomic E-state index is 12.3. The number of rotatable bonds is 9. The number of sulfonamides is 1. The minimum atomic E-state index is -3.50. The van der Waals surface area contributed by atoms with E-state index in [1.54, 1.807) is 31.6 Å². The number of carbonyl (C=O) groups excluding carboxylic acids is 1. The topological polar surface area (TPSA) is 93.5 Å². The maximum Gasteiger partial charge on any atom is 0.242 e. The van der Waals surface area contributed by atoms with Crippen LogP contribution < -0.4 is 10.1 Å². The van der Waals surface area contributed by atoms with Crippen molar-refractivity contribution in [3.63, 3.8) is 0 Å². The fourth-order valence-corrected chi connectivity index (χ4v) is 3.96. The molecule has 1 N–H and O–H groups in total. The number of carbonyl (C=O) groups is 1. The lowest BCUT2D eigenvalue weighted by atomic mass is 10.2. The van der Waals surface area contributed by atoms with E-state index in [1.807, 2.05) is 28.8 Å². The molecule has 3 rings (SSSR count). The Morgan fingerprint density at radius 2 is 1.90 bits per heavy atom. The van der Waals surface area contributed by atoms with Gasteiger partial charge in [0.15, 0.2) is 0 Å². The molecule has 0 atom stereocenters. The molecule has 0 aliphatic rings. The van der Waals surface area contributed by atoms with Crippen LogP contribution in [0.3, 0.4) is 0 Å². The van der Waals surface area contributed by atoms with E-state index < -0.39 is 10.0 Å². The summed E-state index contributed by atoms with van der Waals surface area (Å²) in [7, 11) is 1.12. The van der Waals surface area contributed by atoms with Gasteiger partial charge < -0.3 is 14.6 Å². The highest BCUT2D eigenvalue weighted by Crippen LogP contribution is 2.20. The van der Waals surface area contributed by atoms with Gasteiger partial charge in [-0.25, -0.2) is 17.7 Å². The van der Waals surface area contributed by atoms with Crippen molar-refractivity contribution in [1.82, 2.24) is 19.2 Å². The lowest BCUT2D eigenvalue weighted by molar-refractivity contribution is -0.121. The summed E-state index contributed by atoms with van der Waals surface area (Å²) in [5.41, 5.74) is 2.46. The maximum absolute atomic E-state index is 12.3. The van der Waals surface area contributed by atoms with Crippen LogP contribution in [-0.2, 0) is 27.9 Å². The van der Waals surface area contributed by atoms with Crippen LogP contribution in [0.15, 0.2) is 53.7 Å². The number of aryl methyl sites for hydroxylation is 1. The Morgan fingerprint density at radius 1 is 1.17 bits per heavy atom. The number of fused-ring (bicyclic) bond motifs is 1. The smallest absolute Gasteiger partial charge is 0.242 e. The molecule has 30 heavy (non-hydrogen) atoms. The fourth-order valence-electron chi connectivity index (χ4n) is 3.04. The zero-order chi connectivity index (χ0) is 21.7. The highest BCUT2D eigenvalue weighted by molar-refractivity contribution is 7.89. The van der Waals surface area contributed by atoms with E-state index in [2.05, 4.69) is 10.3 Å². The summed E-state index contributed by atoms with van der Waals surface area (Å²) >= 11 is 0. The third-order valence-corrected chi connectivity index (χ3v) is 6.63. The second-order valence-electron chi connectivity index (χ2n) is 7.10. The van der Waals surface area contributed by atoms with E-state index in [1.165, 1.54) is 18.4 Å². The summed E-state index contributed by atoms with van der Waals surface area (Å²) in [5, 5.41) is 2.91. The van der Waals surface area contributed by atoms with E-state index in [0.29, 0.717) is 31.4 Å². The number of benzene rings is 2. The van der Waals surface area contributed by atoms with Gasteiger partial charge in [-0.2, -0.15) is 0 Å². The zero-order valence-electron chi connectivity index (χ0n) is 17.3. The minimum absolute atomic E-state index is 0.0189. The quantitative estimate of drug-likeness (QED) is 0.563. The third kappa shape index (κ3) is 4.98. The summed E-state index contributed by atoms with van der Waals surface area (Å²) in [4.78, 5) is 16.6. The van der Waals surface area contributed by atoms with E-state index in [4.69, 9.17) is 4.74 Å². The first-order chi connectivity index (χ1) is 14.3. The minimum Gasteiger partial charge on any atom is -0.497 e. The van der Waals surface area contributed by atoms with Crippen LogP contribution >= 0.6 is 0 Å². The number of amides is 1. The average molecular weight is 431 g/mol. The number of hydrogen-bond donors (Lipinski definition) is 1. The van der Waals surface area contributed by atoms with Gasteiger partial charge >= 0.3 is 0 Å². The number of imidazole rings is 1. The van der Waals surface area contributed by atoms with Crippen molar-refractivity contribution in [1.29, 1.82) is 0 Å². The number of hydrogen-bond acceptors (Lipinski definition) is 5. The normalized spacial score (nSPS) is 11.7. The molecule has 0 radical (unpaired) electrons. The molecular formula is C21H26N4O4S. The summed E-state index contributed by atoms with van der Waals surface area (Å²) in [6.07, 6.45) is 2.71. The van der Waals surface area contributed by atoms with Gasteiger partial charge in [0.05, 0.1) is 29.4 Å². The Morgan fingerprint density at radius 3 is 2.57 bits per heavy atom. The third-order valence-electron chi connectivity index (χ3n) is 4.82. The predicted octanol–water partition coefficient (Wildman–Crippen LogP) is 2.39. The molecule has 0 spiro atoms. The van der Waals surface area contributed by atoms with Crippen LogP contribution in [0.5, 0.6) is 5.75 Å². The molecular weight excluding hydrogens is 404 g/mol. The lowest BCUT2D eigenvalue weighted by Crippen LogP contribution is -2.22. The summed E-state index contributed by atoms with van der Waals surface area (Å²) in [5.74, 6) is 0.763. The largest absolute Gasteiger partial charge is 0.497 e. The Hall–Kier alpha value is -2.91. The first-order valence-corrected chi connectivity index (χ1v) is 11.0. The standard InChI is InChI=1S/C21H26N4O4S/c1-24(2)30(27,28)18-10-11-20-19(13-18)23-15-25(20)12-4-5-21(26)22-14-16-6-8-17(29-3)9-7-16/h6-11,13,15H,4-5,12,14H2,1-3H3,(H,22,26). The van der Waals surface area contributed by atoms with Gasteiger partial charge in [0.25, 0.3) is 0 Å². The molecule has 0 saturated carbocycles. The van der Waals surface area contributed by atoms with E-state index in [9.17, 15) is 13.2 Å². The van der Waals surface area contributed by atoms with Crippen LogP contribution in [0.1, 0.15) is 18.4 Å². The highest BCUT2D eigenvalue weighted by atomic mass is 32.2. The molecule has 9 heteroatoms. The van der Waals surface area contributed by atoms with Crippen molar-refractivity contribution >= 4 is 27.0 Å². The van der Waals surface area contributed by atoms with Crippen molar-refractivity contribution in [3.05, 3.63) is 54.4 Å². The van der Waals surface area contributed by atoms with E-state index in [-0.39, 0.29) is 10.8 Å². The summed E-state index contributed by atoms with van der Waals surface area (Å²) in [6.45, 7) is 1.09. The van der Waals surface area contributed by atoms with Gasteiger partial charge in [0.1, 0.15) is 5.75 Å². The Labute approximate surface area is 176 Å². The molecule has 0 fully saturated rings. The number of aromatic nitrogens is 2. The van der Waals surface area contributed by atoms with Gasteiger partial charge in [0.2, 0.25) is 15.9 Å². The van der Waals surface area contributed by atoms with Gasteiger partial charge in [-0.05, 0) is 42.3 Å². The van der Waals surface area contributed by atoms with Crippen LogP contribution in [-0.4, -0.2) is 49.4 Å². The van der Waals surface area contributed by atoms with Crippen molar-refractivity contribution in [3.8, 4) is 5.75 Å². The number of nitrogens with zero attached hydrogens (tertiary/aromatic N) is 3. The average Bonchev–Trinajstić information content (AvgIpc) is 3.15. The van der Waals surface area contributed by atoms with E-state index >= 15 is 0 Å². The Kier molecular flexibility index (Phi) is 6.73. The van der Waals surface area contributed by atoms with Crippen molar-refractivity contribution < 1.29 is 17.9 Å². The molecule has 0 aliphatic heterocycles. The summed E-state index contributed by atoms with van der Waals surface area (Å²) in [6, 6.07) is 12.5. The van der Waals surface area contributed by atoms with Crippen LogP contribution in [0, 0.1) is 0 Å². The molecule has 160 valence electrons. The van der Waals surface area contributed by atoms with Crippen molar-refractivity contribution in [2.45, 2.75) is 30.8 Å². The number of ether oxygens (including phenoxy) is 1. The van der Waals surface area contributed by atoms with E-state index in [0.717, 1.165) is 16.8 Å². The molecule has 0 aliphatic carbocycles. The lowest BCUT2D eigenvalue weighted by Gasteiger charge is -2.11. The molecule has 2 aromatic carbocycles. The van der Waals surface area contributed by atoms with Crippen LogP contribution in [0.2, 0.25) is 0 Å². The van der Waals surface area contributed by atoms with Gasteiger partial charge in [0, 0.05) is 33.6 Å². The van der Waals surface area contributed by atoms with Gasteiger partial charge in [-0.1, -0.05) is 12.1 Å². The SMILES string of the molecule is COc1ccc(CNC(=O)CCCn2cnc3cc(S(=O)(=O)N(C)C)ccc32)cc1. The molecule has 0 unspecified atom stereocenters. The van der Waals surface area contributed by atoms with Crippen LogP contribution in [0.4, 0.5) is 0 Å². The molecule has 0 saturated heterocycles. The van der Waals surface area contributed by atoms with Gasteiger partial charge in [-0.15, -0.1) is 0 Å². The second kappa shape index (κ2) is 9.27. The number of methoxy groups -OCH3 is 1. The Bertz CT molecular complexity index is 1120.